The van der Waals surface area contributed by atoms with E-state index < -0.39 is 11.5 Å². The third kappa shape index (κ3) is 3.33. The van der Waals surface area contributed by atoms with Crippen LogP contribution in [0, 0.1) is 0 Å². The summed E-state index contributed by atoms with van der Waals surface area (Å²) in [5.74, 6) is -1.99. The van der Waals surface area contributed by atoms with Gasteiger partial charge >= 0.3 is 0 Å². The number of anilines is 1. The van der Waals surface area contributed by atoms with Gasteiger partial charge in [0.15, 0.2) is 0 Å². The molecule has 3 aromatic rings. The van der Waals surface area contributed by atoms with Gasteiger partial charge in [0.1, 0.15) is 11.6 Å². The van der Waals surface area contributed by atoms with Crippen LogP contribution >= 0.6 is 0 Å². The second kappa shape index (κ2) is 6.98. The van der Waals surface area contributed by atoms with Gasteiger partial charge in [0, 0.05) is 49.6 Å². The summed E-state index contributed by atoms with van der Waals surface area (Å²) in [7, 11) is 1.87. The highest BCUT2D eigenvalue weighted by atomic mass is 19.3. The molecule has 2 aliphatic heterocycles. The molecule has 2 fully saturated rings. The van der Waals surface area contributed by atoms with Crippen LogP contribution in [-0.4, -0.2) is 55.2 Å². The maximum absolute atomic E-state index is 14.4. The largest absolute Gasteiger partial charge is 0.507 e. The Hall–Kier alpha value is -3.07. The number of nitrogens with one attached hydrogen (secondary N) is 1. The van der Waals surface area contributed by atoms with Crippen LogP contribution in [0.25, 0.3) is 16.9 Å². The van der Waals surface area contributed by atoms with Gasteiger partial charge in [0.05, 0.1) is 35.6 Å². The van der Waals surface area contributed by atoms with E-state index in [0.29, 0.717) is 29.9 Å². The Morgan fingerprint density at radius 1 is 1.23 bits per heavy atom. The highest BCUT2D eigenvalue weighted by Crippen LogP contribution is 2.47. The number of aromatic hydroxyl groups is 1. The Morgan fingerprint density at radius 3 is 2.71 bits per heavy atom. The van der Waals surface area contributed by atoms with Crippen molar-refractivity contribution in [2.24, 2.45) is 0 Å². The number of benzene rings is 1. The van der Waals surface area contributed by atoms with Crippen LogP contribution < -0.4 is 10.2 Å². The number of phenols is 1. The smallest absolute Gasteiger partial charge is 0.267 e. The van der Waals surface area contributed by atoms with Crippen molar-refractivity contribution in [2.75, 3.05) is 11.9 Å². The summed E-state index contributed by atoms with van der Waals surface area (Å²) in [4.78, 5) is 14.9. The maximum atomic E-state index is 14.4. The lowest BCUT2D eigenvalue weighted by molar-refractivity contribution is -0.0569. The number of halogens is 2. The lowest BCUT2D eigenvalue weighted by Gasteiger charge is -2.42. The third-order valence-electron chi connectivity index (χ3n) is 6.64. The van der Waals surface area contributed by atoms with Gasteiger partial charge in [0.25, 0.3) is 5.92 Å². The molecule has 3 atom stereocenters. The molecule has 31 heavy (non-hydrogen) atoms. The molecule has 162 valence electrons. The zero-order valence-electron chi connectivity index (χ0n) is 17.3. The molecule has 0 amide bonds. The average molecular weight is 426 g/mol. The second-order valence-electron chi connectivity index (χ2n) is 8.72. The first-order valence-corrected chi connectivity index (χ1v) is 10.3. The Labute approximate surface area is 178 Å². The molecule has 4 heterocycles. The molecular formula is C22H24F2N6O. The summed E-state index contributed by atoms with van der Waals surface area (Å²) in [5, 5.41) is 13.6. The standard InChI is InChI=1S/C22H24F2N6O/c1-21-10-16(7-14(28-21)9-22(21,23)24)29(2)20-12-26-18(11-27-20)17-4-3-15(8-19(17)31)30-6-5-25-13-30/h3-6,8,11-14,16,28,31H,7,9-10H2,1-2H3/t14?,16-,21-/m1/s1. The Morgan fingerprint density at radius 2 is 2.06 bits per heavy atom. The van der Waals surface area contributed by atoms with Gasteiger partial charge in [0.2, 0.25) is 0 Å². The molecule has 5 rings (SSSR count). The van der Waals surface area contributed by atoms with Crippen molar-refractivity contribution in [3.05, 3.63) is 49.3 Å². The van der Waals surface area contributed by atoms with E-state index in [0.717, 1.165) is 5.69 Å². The Bertz CT molecular complexity index is 1090. The molecule has 0 radical (unpaired) electrons. The molecule has 2 aromatic heterocycles. The summed E-state index contributed by atoms with van der Waals surface area (Å²) in [6.45, 7) is 1.61. The number of aromatic nitrogens is 4. The summed E-state index contributed by atoms with van der Waals surface area (Å²) in [6.07, 6.45) is 9.21. The monoisotopic (exact) mass is 426 g/mol. The highest BCUT2D eigenvalue weighted by Gasteiger charge is 2.61. The molecule has 9 heteroatoms. The van der Waals surface area contributed by atoms with Crippen molar-refractivity contribution in [3.8, 4) is 22.7 Å². The molecule has 0 aliphatic carbocycles. The molecule has 0 saturated carbocycles. The summed E-state index contributed by atoms with van der Waals surface area (Å²) in [5.41, 5.74) is 0.701. The molecule has 2 bridgehead atoms. The minimum Gasteiger partial charge on any atom is -0.507 e. The minimum absolute atomic E-state index is 0.0485. The van der Waals surface area contributed by atoms with E-state index >= 15 is 0 Å². The van der Waals surface area contributed by atoms with Crippen molar-refractivity contribution < 1.29 is 13.9 Å². The summed E-state index contributed by atoms with van der Waals surface area (Å²) in [6, 6.07) is 5.05. The predicted octanol–water partition coefficient (Wildman–Crippen LogP) is 3.39. The summed E-state index contributed by atoms with van der Waals surface area (Å²) < 4.78 is 30.6. The van der Waals surface area contributed by atoms with Crippen LogP contribution in [0.4, 0.5) is 14.6 Å². The van der Waals surface area contributed by atoms with E-state index in [-0.39, 0.29) is 24.3 Å². The lowest BCUT2D eigenvalue weighted by atomic mass is 9.86. The number of alkyl halides is 2. The van der Waals surface area contributed by atoms with E-state index in [1.54, 1.807) is 54.7 Å². The van der Waals surface area contributed by atoms with Crippen LogP contribution in [0.1, 0.15) is 26.2 Å². The molecule has 1 aromatic carbocycles. The molecular weight excluding hydrogens is 402 g/mol. The number of imidazole rings is 1. The van der Waals surface area contributed by atoms with E-state index in [1.165, 1.54) is 0 Å². The van der Waals surface area contributed by atoms with Gasteiger partial charge in [-0.25, -0.2) is 18.7 Å². The first kappa shape index (κ1) is 19.9. The summed E-state index contributed by atoms with van der Waals surface area (Å²) >= 11 is 0. The minimum atomic E-state index is -2.71. The van der Waals surface area contributed by atoms with Gasteiger partial charge in [-0.3, -0.25) is 4.98 Å². The van der Waals surface area contributed by atoms with Crippen LogP contribution in [0.15, 0.2) is 49.3 Å². The first-order chi connectivity index (χ1) is 14.8. The number of phenolic OH excluding ortho intramolecular Hbond substituents is 1. The third-order valence-corrected chi connectivity index (χ3v) is 6.64. The number of hydrogen-bond acceptors (Lipinski definition) is 6. The average Bonchev–Trinajstić information content (AvgIpc) is 3.32. The first-order valence-electron chi connectivity index (χ1n) is 10.3. The van der Waals surface area contributed by atoms with Crippen molar-refractivity contribution in [1.29, 1.82) is 0 Å². The number of nitrogens with zero attached hydrogens (tertiary/aromatic N) is 5. The SMILES string of the molecule is CN(c1cnc(-c2ccc(-n3ccnc3)cc2O)cn1)[C@@H]1CC2CC(F)(F)[C@@](C)(C1)N2. The van der Waals surface area contributed by atoms with Crippen molar-refractivity contribution in [1.82, 2.24) is 24.8 Å². The van der Waals surface area contributed by atoms with Crippen molar-refractivity contribution in [3.63, 3.8) is 0 Å². The van der Waals surface area contributed by atoms with Gasteiger partial charge in [-0.1, -0.05) is 0 Å². The topological polar surface area (TPSA) is 79.1 Å². The fourth-order valence-corrected chi connectivity index (χ4v) is 4.81. The van der Waals surface area contributed by atoms with E-state index in [1.807, 2.05) is 18.0 Å². The highest BCUT2D eigenvalue weighted by molar-refractivity contribution is 5.68. The zero-order chi connectivity index (χ0) is 21.8. The maximum Gasteiger partial charge on any atom is 0.267 e. The Balaban J connectivity index is 1.35. The van der Waals surface area contributed by atoms with Gasteiger partial charge < -0.3 is 19.9 Å². The van der Waals surface area contributed by atoms with Crippen LogP contribution in [0.3, 0.4) is 0 Å². The fourth-order valence-electron chi connectivity index (χ4n) is 4.81. The molecule has 0 spiro atoms. The van der Waals surface area contributed by atoms with E-state index in [9.17, 15) is 13.9 Å². The quantitative estimate of drug-likeness (QED) is 0.666. The number of rotatable bonds is 4. The Kier molecular flexibility index (Phi) is 4.47. The zero-order valence-corrected chi connectivity index (χ0v) is 17.3. The molecule has 2 N–H and O–H groups in total. The van der Waals surface area contributed by atoms with Gasteiger partial charge in [-0.05, 0) is 31.9 Å². The molecule has 1 unspecified atom stereocenters. The van der Waals surface area contributed by atoms with E-state index in [2.05, 4.69) is 20.3 Å². The van der Waals surface area contributed by atoms with Gasteiger partial charge in [-0.15, -0.1) is 0 Å². The fraction of sp³-hybridized carbons (Fsp3) is 0.409. The normalized spacial score (nSPS) is 26.7. The van der Waals surface area contributed by atoms with Crippen LogP contribution in [0.2, 0.25) is 0 Å². The van der Waals surface area contributed by atoms with E-state index in [4.69, 9.17) is 0 Å². The molecule has 2 saturated heterocycles. The second-order valence-corrected chi connectivity index (χ2v) is 8.72. The van der Waals surface area contributed by atoms with Crippen molar-refractivity contribution in [2.45, 2.75) is 49.7 Å². The predicted molar refractivity (Wildman–Crippen MR) is 113 cm³/mol. The lowest BCUT2D eigenvalue weighted by Crippen LogP contribution is -2.58. The number of fused-ring (bicyclic) bond motifs is 2. The number of piperidine rings is 1. The van der Waals surface area contributed by atoms with Crippen LogP contribution in [-0.2, 0) is 0 Å². The number of hydrogen-bond donors (Lipinski definition) is 2. The van der Waals surface area contributed by atoms with Gasteiger partial charge in [-0.2, -0.15) is 0 Å². The molecule has 7 nitrogen and oxygen atoms in total. The molecule has 2 aliphatic rings. The van der Waals surface area contributed by atoms with Crippen molar-refractivity contribution >= 4 is 5.82 Å². The van der Waals surface area contributed by atoms with Crippen LogP contribution in [0.5, 0.6) is 5.75 Å².